The van der Waals surface area contributed by atoms with Crippen molar-refractivity contribution in [2.24, 2.45) is 0 Å². The van der Waals surface area contributed by atoms with Crippen LogP contribution in [0.5, 0.6) is 5.75 Å². The number of carboxylic acids is 1. The maximum absolute atomic E-state index is 13.3. The van der Waals surface area contributed by atoms with Gasteiger partial charge in [0.25, 0.3) is 5.78 Å². The first-order valence-corrected chi connectivity index (χ1v) is 11.0. The molecule has 2 atom stereocenters. The topological polar surface area (TPSA) is 183 Å². The van der Waals surface area contributed by atoms with Gasteiger partial charge in [0.15, 0.2) is 0 Å². The number of nitrogens with one attached hydrogen (secondary N) is 2. The second-order valence-corrected chi connectivity index (χ2v) is 8.05. The summed E-state index contributed by atoms with van der Waals surface area (Å²) in [5, 5.41) is 13.9. The maximum atomic E-state index is 13.3. The number of benzene rings is 1. The summed E-state index contributed by atoms with van der Waals surface area (Å²) >= 11 is 0. The van der Waals surface area contributed by atoms with E-state index in [0.29, 0.717) is 12.2 Å². The molecular formula is C22H25N5O9. The number of ether oxygens (including phenoxy) is 1. The molecule has 0 aromatic heterocycles. The van der Waals surface area contributed by atoms with Crippen LogP contribution < -0.4 is 15.5 Å². The Morgan fingerprint density at radius 3 is 2.47 bits per heavy atom. The van der Waals surface area contributed by atoms with Crippen LogP contribution in [-0.2, 0) is 24.0 Å². The Morgan fingerprint density at radius 1 is 1.17 bits per heavy atom. The molecule has 14 heteroatoms. The molecule has 2 unspecified atom stereocenters. The molecule has 1 aromatic carbocycles. The summed E-state index contributed by atoms with van der Waals surface area (Å²) in [6.07, 6.45) is -0.107. The van der Waals surface area contributed by atoms with E-state index in [9.17, 15) is 33.6 Å². The van der Waals surface area contributed by atoms with Crippen molar-refractivity contribution < 1.29 is 43.4 Å². The van der Waals surface area contributed by atoms with Crippen LogP contribution in [0.4, 0.5) is 4.79 Å². The van der Waals surface area contributed by atoms with Gasteiger partial charge in [-0.15, -0.1) is 0 Å². The van der Waals surface area contributed by atoms with Crippen LogP contribution in [0, 0.1) is 0 Å². The minimum absolute atomic E-state index is 0.0434. The van der Waals surface area contributed by atoms with Crippen LogP contribution in [0.1, 0.15) is 36.0 Å². The summed E-state index contributed by atoms with van der Waals surface area (Å²) in [6, 6.07) is 2.22. The lowest BCUT2D eigenvalue weighted by atomic mass is 10.1. The van der Waals surface area contributed by atoms with Gasteiger partial charge in [0, 0.05) is 18.5 Å². The van der Waals surface area contributed by atoms with Crippen molar-refractivity contribution in [1.82, 2.24) is 25.8 Å². The van der Waals surface area contributed by atoms with Gasteiger partial charge in [-0.1, -0.05) is 0 Å². The minimum atomic E-state index is -1.33. The molecule has 2 heterocycles. The fraction of sp³-hybridized carbons (Fsp3) is 0.409. The number of carboxylic acid groups (broad SMARTS) is 1. The lowest BCUT2D eigenvalue weighted by Crippen LogP contribution is -2.65. The number of carbonyl (C=O) groups excluding carboxylic acids is 6. The van der Waals surface area contributed by atoms with E-state index in [0.717, 1.165) is 15.0 Å². The predicted octanol–water partition coefficient (Wildman–Crippen LogP) is -0.899. The summed E-state index contributed by atoms with van der Waals surface area (Å²) in [5.74, 6) is -4.22. The molecule has 0 radical (unpaired) electrons. The molecule has 2 fully saturated rings. The Labute approximate surface area is 205 Å². The van der Waals surface area contributed by atoms with Gasteiger partial charge in [0.1, 0.15) is 18.1 Å². The molecule has 14 nitrogen and oxygen atoms in total. The normalized spacial score (nSPS) is 18.5. The fourth-order valence-corrected chi connectivity index (χ4v) is 3.86. The van der Waals surface area contributed by atoms with Gasteiger partial charge in [0.2, 0.25) is 11.8 Å². The monoisotopic (exact) mass is 503 g/mol. The average Bonchev–Trinajstić information content (AvgIpc) is 2.99. The number of rotatable bonds is 9. The van der Waals surface area contributed by atoms with Crippen molar-refractivity contribution in [1.29, 1.82) is 0 Å². The Hall–Kier alpha value is -4.49. The molecule has 2 aliphatic heterocycles. The third-order valence-electron chi connectivity index (χ3n) is 5.65. The molecule has 0 bridgehead atoms. The number of ketones is 1. The van der Waals surface area contributed by atoms with E-state index >= 15 is 0 Å². The molecule has 0 spiro atoms. The van der Waals surface area contributed by atoms with Gasteiger partial charge < -0.3 is 20.0 Å². The number of nitrogens with zero attached hydrogens (tertiary/aromatic N) is 3. The number of urea groups is 1. The number of fused-ring (bicyclic) bond motifs is 1. The highest BCUT2D eigenvalue weighted by Crippen LogP contribution is 2.24. The van der Waals surface area contributed by atoms with Crippen molar-refractivity contribution in [3.05, 3.63) is 29.8 Å². The zero-order valence-corrected chi connectivity index (χ0v) is 19.3. The molecular weight excluding hydrogens is 478 g/mol. The van der Waals surface area contributed by atoms with E-state index in [1.165, 1.54) is 31.4 Å². The standard InChI is InChI=1S/C22H25N5O9/c1-36-15-6-4-13(5-7-15)19(32)21(34)24-25-10-8-17(29)26-9-2-3-16(27(26)22(25)35)20(33)23-14(12-28)11-18(30)31/h4-7,12,14,16H,2-3,8-11H2,1H3,(H,23,33)(H,24,34)(H,30,31). The second kappa shape index (κ2) is 11.3. The third-order valence-corrected chi connectivity index (χ3v) is 5.65. The summed E-state index contributed by atoms with van der Waals surface area (Å²) in [6.45, 7) is -0.121. The van der Waals surface area contributed by atoms with Crippen molar-refractivity contribution in [2.45, 2.75) is 37.8 Å². The number of methoxy groups -OCH3 is 1. The Morgan fingerprint density at radius 2 is 1.86 bits per heavy atom. The van der Waals surface area contributed by atoms with Gasteiger partial charge in [-0.2, -0.15) is 0 Å². The zero-order chi connectivity index (χ0) is 26.4. The average molecular weight is 503 g/mol. The zero-order valence-electron chi connectivity index (χ0n) is 19.3. The lowest BCUT2D eigenvalue weighted by Gasteiger charge is -2.42. The Balaban J connectivity index is 1.78. The van der Waals surface area contributed by atoms with E-state index < -0.39 is 54.0 Å². The van der Waals surface area contributed by atoms with Gasteiger partial charge in [0.05, 0.1) is 26.1 Å². The van der Waals surface area contributed by atoms with Crippen LogP contribution in [0.3, 0.4) is 0 Å². The number of hydrogen-bond acceptors (Lipinski definition) is 8. The highest BCUT2D eigenvalue weighted by Gasteiger charge is 2.44. The van der Waals surface area contributed by atoms with Gasteiger partial charge in [-0.05, 0) is 37.1 Å². The number of hydrogen-bond donors (Lipinski definition) is 3. The number of aliphatic carboxylic acids is 1. The highest BCUT2D eigenvalue weighted by atomic mass is 16.5. The molecule has 192 valence electrons. The van der Waals surface area contributed by atoms with Crippen molar-refractivity contribution in [3.63, 3.8) is 0 Å². The molecule has 1 aromatic rings. The number of hydrazine groups is 2. The first-order valence-electron chi connectivity index (χ1n) is 11.0. The van der Waals surface area contributed by atoms with Crippen LogP contribution >= 0.6 is 0 Å². The van der Waals surface area contributed by atoms with Gasteiger partial charge >= 0.3 is 17.9 Å². The summed E-state index contributed by atoms with van der Waals surface area (Å²) < 4.78 is 5.01. The van der Waals surface area contributed by atoms with Crippen LogP contribution in [-0.4, -0.2) is 94.2 Å². The SMILES string of the molecule is COc1ccc(C(=O)C(=O)NN2CCC(=O)N3CCCC(C(=O)NC(C=O)CC(=O)O)N3C2=O)cc1. The van der Waals surface area contributed by atoms with Crippen LogP contribution in [0.25, 0.3) is 0 Å². The molecule has 0 saturated carbocycles. The fourth-order valence-electron chi connectivity index (χ4n) is 3.86. The first-order chi connectivity index (χ1) is 17.2. The van der Waals surface area contributed by atoms with E-state index in [1.807, 2.05) is 0 Å². The van der Waals surface area contributed by atoms with E-state index in [-0.39, 0.29) is 37.8 Å². The van der Waals surface area contributed by atoms with Crippen molar-refractivity contribution in [2.75, 3.05) is 20.2 Å². The van der Waals surface area contributed by atoms with E-state index in [4.69, 9.17) is 9.84 Å². The molecule has 2 aliphatic rings. The number of aldehydes is 1. The third kappa shape index (κ3) is 5.76. The molecule has 5 amide bonds. The molecule has 3 N–H and O–H groups in total. The first kappa shape index (κ1) is 26.1. The van der Waals surface area contributed by atoms with E-state index in [2.05, 4.69) is 10.7 Å². The minimum Gasteiger partial charge on any atom is -0.497 e. The summed E-state index contributed by atoms with van der Waals surface area (Å²) in [4.78, 5) is 86.1. The molecule has 2 saturated heterocycles. The second-order valence-electron chi connectivity index (χ2n) is 8.05. The molecule has 3 rings (SSSR count). The van der Waals surface area contributed by atoms with Gasteiger partial charge in [-0.25, -0.2) is 19.8 Å². The summed E-state index contributed by atoms with van der Waals surface area (Å²) in [7, 11) is 1.44. The smallest absolute Gasteiger partial charge is 0.358 e. The van der Waals surface area contributed by atoms with Crippen molar-refractivity contribution in [3.8, 4) is 5.75 Å². The number of Topliss-reactive ketones (excluding diaryl/α,β-unsaturated/α-hetero) is 1. The van der Waals surface area contributed by atoms with Crippen LogP contribution in [0.2, 0.25) is 0 Å². The number of amides is 5. The molecule has 36 heavy (non-hydrogen) atoms. The highest BCUT2D eigenvalue weighted by molar-refractivity contribution is 6.42. The van der Waals surface area contributed by atoms with Gasteiger partial charge in [-0.3, -0.25) is 29.4 Å². The maximum Gasteiger partial charge on any atom is 0.358 e. The van der Waals surface area contributed by atoms with Crippen LogP contribution in [0.15, 0.2) is 24.3 Å². The Bertz CT molecular complexity index is 1070. The van der Waals surface area contributed by atoms with E-state index in [1.54, 1.807) is 0 Å². The largest absolute Gasteiger partial charge is 0.497 e. The predicted molar refractivity (Wildman–Crippen MR) is 119 cm³/mol. The quantitative estimate of drug-likeness (QED) is 0.218. The van der Waals surface area contributed by atoms with Crippen molar-refractivity contribution >= 4 is 41.8 Å². The lowest BCUT2D eigenvalue weighted by molar-refractivity contribution is -0.155. The Kier molecular flexibility index (Phi) is 8.19. The molecule has 0 aliphatic carbocycles. The number of carbonyl (C=O) groups is 7. The summed E-state index contributed by atoms with van der Waals surface area (Å²) in [5.41, 5.74) is 2.25.